The number of benzene rings is 2. The van der Waals surface area contributed by atoms with Crippen molar-refractivity contribution in [1.82, 2.24) is 15.1 Å². The Labute approximate surface area is 208 Å². The molecule has 0 fully saturated rings. The van der Waals surface area contributed by atoms with Gasteiger partial charge in [0.15, 0.2) is 11.5 Å². The highest BCUT2D eigenvalue weighted by atomic mass is 16.5. The fraction of sp³-hybridized carbons (Fsp3) is 0.500. The predicted octanol–water partition coefficient (Wildman–Crippen LogP) is 3.78. The van der Waals surface area contributed by atoms with Gasteiger partial charge >= 0.3 is 0 Å². The smallest absolute Gasteiger partial charge is 0.254 e. The first-order valence-electron chi connectivity index (χ1n) is 12.7. The molecule has 0 saturated carbocycles. The molecule has 2 aromatic carbocycles. The van der Waals surface area contributed by atoms with E-state index in [-0.39, 0.29) is 17.9 Å². The third kappa shape index (κ3) is 4.87. The lowest BCUT2D eigenvalue weighted by Crippen LogP contribution is -2.50. The Morgan fingerprint density at radius 2 is 1.83 bits per heavy atom. The average Bonchev–Trinajstić information content (AvgIpc) is 2.89. The summed E-state index contributed by atoms with van der Waals surface area (Å²) in [6, 6.07) is 11.3. The molecule has 2 amide bonds. The summed E-state index contributed by atoms with van der Waals surface area (Å²) in [7, 11) is 3.13. The van der Waals surface area contributed by atoms with Gasteiger partial charge < -0.3 is 24.6 Å². The molecule has 188 valence electrons. The van der Waals surface area contributed by atoms with E-state index in [2.05, 4.69) is 36.2 Å². The van der Waals surface area contributed by atoms with Gasteiger partial charge in [-0.15, -0.1) is 0 Å². The first-order valence-corrected chi connectivity index (χ1v) is 12.7. The summed E-state index contributed by atoms with van der Waals surface area (Å²) >= 11 is 0. The first-order chi connectivity index (χ1) is 17.0. The van der Waals surface area contributed by atoms with Gasteiger partial charge in [0.25, 0.3) is 5.91 Å². The van der Waals surface area contributed by atoms with Crippen LogP contribution in [0.3, 0.4) is 0 Å². The molecule has 35 heavy (non-hydrogen) atoms. The van der Waals surface area contributed by atoms with Crippen LogP contribution in [-0.4, -0.2) is 68.6 Å². The fourth-order valence-corrected chi connectivity index (χ4v) is 5.39. The Bertz CT molecular complexity index is 1070. The van der Waals surface area contributed by atoms with Crippen LogP contribution in [0.4, 0.5) is 0 Å². The van der Waals surface area contributed by atoms with Crippen molar-refractivity contribution in [2.75, 3.05) is 46.9 Å². The predicted molar refractivity (Wildman–Crippen MR) is 136 cm³/mol. The van der Waals surface area contributed by atoms with Gasteiger partial charge in [-0.3, -0.25) is 9.59 Å². The maximum absolute atomic E-state index is 13.8. The van der Waals surface area contributed by atoms with E-state index in [1.54, 1.807) is 20.3 Å². The monoisotopic (exact) mass is 479 g/mol. The van der Waals surface area contributed by atoms with Gasteiger partial charge in [-0.05, 0) is 54.8 Å². The SMILES string of the molecule is CCCCN(CC)CCNC(=O)[C@H]1c2cc(OC)c(OC)cc2C(=O)N2CCc3ccccc3[C@H]12. The summed E-state index contributed by atoms with van der Waals surface area (Å²) in [6.45, 7) is 8.28. The van der Waals surface area contributed by atoms with E-state index >= 15 is 0 Å². The quantitative estimate of drug-likeness (QED) is 0.562. The molecule has 1 N–H and O–H groups in total. The Kier molecular flexibility index (Phi) is 7.96. The highest BCUT2D eigenvalue weighted by molar-refractivity contribution is 6.02. The van der Waals surface area contributed by atoms with Crippen LogP contribution in [0.25, 0.3) is 0 Å². The van der Waals surface area contributed by atoms with Crippen LogP contribution in [0, 0.1) is 0 Å². The molecule has 0 spiro atoms. The Morgan fingerprint density at radius 1 is 1.09 bits per heavy atom. The second-order valence-electron chi connectivity index (χ2n) is 9.24. The van der Waals surface area contributed by atoms with Crippen LogP contribution in [0.2, 0.25) is 0 Å². The van der Waals surface area contributed by atoms with Gasteiger partial charge in [-0.1, -0.05) is 44.5 Å². The van der Waals surface area contributed by atoms with Crippen LogP contribution in [0.5, 0.6) is 11.5 Å². The largest absolute Gasteiger partial charge is 0.493 e. The zero-order valence-corrected chi connectivity index (χ0v) is 21.3. The molecule has 2 heterocycles. The summed E-state index contributed by atoms with van der Waals surface area (Å²) in [4.78, 5) is 31.7. The summed E-state index contributed by atoms with van der Waals surface area (Å²) in [5.74, 6) is 0.343. The Morgan fingerprint density at radius 3 is 2.54 bits per heavy atom. The standard InChI is InChI=1S/C28H37N3O4/c1-5-7-14-30(6-2)16-13-29-27(32)25-21-17-23(34-3)24(35-4)18-22(21)28(33)31-15-12-19-10-8-9-11-20(19)26(25)31/h8-11,17-18,25-26H,5-7,12-16H2,1-4H3,(H,29,32)/t25-,26+/m0/s1. The number of likely N-dealkylation sites (N-methyl/N-ethyl adjacent to an activating group) is 1. The number of rotatable bonds is 10. The van der Waals surface area contributed by atoms with Gasteiger partial charge in [0, 0.05) is 25.2 Å². The number of hydrogen-bond acceptors (Lipinski definition) is 5. The van der Waals surface area contributed by atoms with Gasteiger partial charge in [0.2, 0.25) is 5.91 Å². The second-order valence-corrected chi connectivity index (χ2v) is 9.24. The van der Waals surface area contributed by atoms with E-state index in [1.165, 1.54) is 5.56 Å². The number of nitrogens with one attached hydrogen (secondary N) is 1. The lowest BCUT2D eigenvalue weighted by Gasteiger charge is -2.45. The lowest BCUT2D eigenvalue weighted by molar-refractivity contribution is -0.124. The summed E-state index contributed by atoms with van der Waals surface area (Å²) in [5.41, 5.74) is 3.45. The summed E-state index contributed by atoms with van der Waals surface area (Å²) in [6.07, 6.45) is 3.07. The molecule has 0 saturated heterocycles. The van der Waals surface area contributed by atoms with E-state index in [9.17, 15) is 9.59 Å². The second kappa shape index (κ2) is 11.1. The van der Waals surface area contributed by atoms with E-state index in [4.69, 9.17) is 9.47 Å². The molecule has 0 aliphatic carbocycles. The molecular formula is C28H37N3O4. The third-order valence-electron chi connectivity index (χ3n) is 7.31. The number of amides is 2. The third-order valence-corrected chi connectivity index (χ3v) is 7.31. The summed E-state index contributed by atoms with van der Waals surface area (Å²) < 4.78 is 11.0. The maximum Gasteiger partial charge on any atom is 0.254 e. The molecule has 0 radical (unpaired) electrons. The van der Waals surface area contributed by atoms with Crippen molar-refractivity contribution in [2.24, 2.45) is 0 Å². The average molecular weight is 480 g/mol. The van der Waals surface area contributed by atoms with Crippen molar-refractivity contribution in [3.63, 3.8) is 0 Å². The highest BCUT2D eigenvalue weighted by Crippen LogP contribution is 2.48. The molecule has 2 aliphatic heterocycles. The maximum atomic E-state index is 13.8. The van der Waals surface area contributed by atoms with Crippen LogP contribution in [0.1, 0.15) is 65.7 Å². The molecule has 2 atom stereocenters. The van der Waals surface area contributed by atoms with Gasteiger partial charge in [-0.2, -0.15) is 0 Å². The minimum absolute atomic E-state index is 0.0655. The molecule has 4 rings (SSSR count). The van der Waals surface area contributed by atoms with Crippen molar-refractivity contribution in [1.29, 1.82) is 0 Å². The van der Waals surface area contributed by atoms with Crippen LogP contribution >= 0.6 is 0 Å². The molecule has 2 aromatic rings. The number of nitrogens with zero attached hydrogens (tertiary/aromatic N) is 2. The minimum Gasteiger partial charge on any atom is -0.493 e. The number of unbranched alkanes of at least 4 members (excludes halogenated alkanes) is 1. The zero-order valence-electron chi connectivity index (χ0n) is 21.3. The number of methoxy groups -OCH3 is 2. The van der Waals surface area contributed by atoms with Crippen molar-refractivity contribution in [2.45, 2.75) is 45.1 Å². The topological polar surface area (TPSA) is 71.1 Å². The zero-order chi connectivity index (χ0) is 24.9. The van der Waals surface area contributed by atoms with Gasteiger partial charge in [-0.25, -0.2) is 0 Å². The minimum atomic E-state index is -0.533. The molecule has 7 nitrogen and oxygen atoms in total. The Hall–Kier alpha value is -3.06. The fourth-order valence-electron chi connectivity index (χ4n) is 5.39. The molecule has 0 bridgehead atoms. The summed E-state index contributed by atoms with van der Waals surface area (Å²) in [5, 5.41) is 3.19. The van der Waals surface area contributed by atoms with E-state index in [0.717, 1.165) is 44.5 Å². The number of carbonyl (C=O) groups excluding carboxylic acids is 2. The number of ether oxygens (including phenoxy) is 2. The molecule has 0 unspecified atom stereocenters. The molecule has 7 heteroatoms. The van der Waals surface area contributed by atoms with Gasteiger partial charge in [0.05, 0.1) is 26.2 Å². The molecular weight excluding hydrogens is 442 g/mol. The van der Waals surface area contributed by atoms with Crippen LogP contribution in [0.15, 0.2) is 36.4 Å². The Balaban J connectivity index is 1.70. The van der Waals surface area contributed by atoms with Crippen molar-refractivity contribution in [3.8, 4) is 11.5 Å². The highest BCUT2D eigenvalue weighted by Gasteiger charge is 2.46. The lowest BCUT2D eigenvalue weighted by atomic mass is 9.75. The van der Waals surface area contributed by atoms with Crippen molar-refractivity contribution >= 4 is 11.8 Å². The van der Waals surface area contributed by atoms with Crippen LogP contribution in [-0.2, 0) is 11.2 Å². The molecule has 2 aliphatic rings. The van der Waals surface area contributed by atoms with Gasteiger partial charge in [0.1, 0.15) is 0 Å². The number of carbonyl (C=O) groups is 2. The van der Waals surface area contributed by atoms with E-state index in [0.29, 0.717) is 35.7 Å². The van der Waals surface area contributed by atoms with E-state index < -0.39 is 5.92 Å². The number of hydrogen-bond donors (Lipinski definition) is 1. The first kappa shape index (κ1) is 25.0. The number of fused-ring (bicyclic) bond motifs is 4. The van der Waals surface area contributed by atoms with E-state index in [1.807, 2.05) is 23.1 Å². The van der Waals surface area contributed by atoms with Crippen molar-refractivity contribution in [3.05, 3.63) is 58.7 Å². The molecule has 0 aromatic heterocycles. The normalized spacial score (nSPS) is 18.5. The van der Waals surface area contributed by atoms with Crippen LogP contribution < -0.4 is 14.8 Å². The van der Waals surface area contributed by atoms with Crippen molar-refractivity contribution < 1.29 is 19.1 Å².